The van der Waals surface area contributed by atoms with E-state index in [4.69, 9.17) is 0 Å². The molecule has 7 nitrogen and oxygen atoms in total. The molecule has 3 aromatic rings. The number of aryl methyl sites for hydroxylation is 1. The van der Waals surface area contributed by atoms with E-state index >= 15 is 0 Å². The molecule has 0 aromatic carbocycles. The van der Waals surface area contributed by atoms with Gasteiger partial charge < -0.3 is 5.32 Å². The maximum absolute atomic E-state index is 12.0. The monoisotopic (exact) mass is 330 g/mol. The number of anilines is 1. The van der Waals surface area contributed by atoms with Crippen molar-refractivity contribution in [1.29, 1.82) is 0 Å². The minimum absolute atomic E-state index is 0.212. The van der Waals surface area contributed by atoms with Crippen molar-refractivity contribution < 1.29 is 4.79 Å². The quantitative estimate of drug-likeness (QED) is 0.754. The van der Waals surface area contributed by atoms with Crippen LogP contribution in [0.5, 0.6) is 0 Å². The summed E-state index contributed by atoms with van der Waals surface area (Å²) in [5.41, 5.74) is 2.05. The fourth-order valence-electron chi connectivity index (χ4n) is 2.55. The van der Waals surface area contributed by atoms with Crippen LogP contribution in [0.2, 0.25) is 0 Å². The van der Waals surface area contributed by atoms with E-state index in [1.807, 2.05) is 35.3 Å². The summed E-state index contributed by atoms with van der Waals surface area (Å²) in [6.45, 7) is 0.546. The van der Waals surface area contributed by atoms with Gasteiger partial charge in [0, 0.05) is 49.8 Å². The number of aromatic nitrogens is 4. The van der Waals surface area contributed by atoms with Gasteiger partial charge in [-0.15, -0.1) is 11.3 Å². The molecular formula is C15H18N6OS. The number of thiazole rings is 1. The predicted molar refractivity (Wildman–Crippen MR) is 89.0 cm³/mol. The molecule has 2 amide bonds. The highest BCUT2D eigenvalue weighted by Crippen LogP contribution is 2.39. The van der Waals surface area contributed by atoms with E-state index in [-0.39, 0.29) is 6.03 Å². The van der Waals surface area contributed by atoms with Crippen molar-refractivity contribution in [3.05, 3.63) is 35.2 Å². The van der Waals surface area contributed by atoms with Crippen molar-refractivity contribution in [3.8, 4) is 0 Å². The molecule has 0 radical (unpaired) electrons. The lowest BCUT2D eigenvalue weighted by Gasteiger charge is -2.06. The Morgan fingerprint density at radius 2 is 2.35 bits per heavy atom. The van der Waals surface area contributed by atoms with Gasteiger partial charge in [0.15, 0.2) is 4.96 Å². The van der Waals surface area contributed by atoms with Crippen LogP contribution in [0.15, 0.2) is 23.8 Å². The Hall–Kier alpha value is -2.35. The van der Waals surface area contributed by atoms with Gasteiger partial charge in [0.1, 0.15) is 5.82 Å². The number of fused-ring (bicyclic) bond motifs is 1. The fourth-order valence-corrected chi connectivity index (χ4v) is 3.27. The number of urea groups is 1. The summed E-state index contributed by atoms with van der Waals surface area (Å²) in [5.74, 6) is 1.31. The zero-order valence-electron chi connectivity index (χ0n) is 12.8. The molecule has 4 rings (SSSR count). The largest absolute Gasteiger partial charge is 0.337 e. The number of nitrogens with zero attached hydrogens (tertiary/aromatic N) is 4. The van der Waals surface area contributed by atoms with Gasteiger partial charge in [0.2, 0.25) is 0 Å². The third-order valence-corrected chi connectivity index (χ3v) is 4.72. The highest BCUT2D eigenvalue weighted by molar-refractivity contribution is 7.15. The van der Waals surface area contributed by atoms with Crippen LogP contribution in [0.1, 0.15) is 30.1 Å². The average molecular weight is 330 g/mol. The smallest absolute Gasteiger partial charge is 0.320 e. The van der Waals surface area contributed by atoms with Crippen LogP contribution >= 0.6 is 11.3 Å². The molecule has 8 heteroatoms. The molecule has 3 aromatic heterocycles. The lowest BCUT2D eigenvalue weighted by Crippen LogP contribution is -2.31. The zero-order chi connectivity index (χ0) is 15.8. The average Bonchev–Trinajstić information content (AvgIpc) is 3.00. The van der Waals surface area contributed by atoms with Crippen molar-refractivity contribution in [2.24, 2.45) is 7.05 Å². The van der Waals surface area contributed by atoms with E-state index in [9.17, 15) is 4.79 Å². The van der Waals surface area contributed by atoms with Crippen molar-refractivity contribution in [1.82, 2.24) is 24.5 Å². The topological polar surface area (TPSA) is 76.2 Å². The summed E-state index contributed by atoms with van der Waals surface area (Å²) >= 11 is 1.60. The third-order valence-electron chi connectivity index (χ3n) is 3.95. The Balaban J connectivity index is 1.29. The van der Waals surface area contributed by atoms with Crippen LogP contribution in [0, 0.1) is 0 Å². The number of hydrogen-bond donors (Lipinski definition) is 2. The van der Waals surface area contributed by atoms with Crippen LogP contribution in [0.3, 0.4) is 0 Å². The van der Waals surface area contributed by atoms with E-state index in [1.165, 1.54) is 12.8 Å². The summed E-state index contributed by atoms with van der Waals surface area (Å²) in [5, 5.41) is 12.1. The van der Waals surface area contributed by atoms with E-state index in [2.05, 4.69) is 20.7 Å². The first kappa shape index (κ1) is 14.3. The third kappa shape index (κ3) is 3.07. The SMILES string of the molecule is Cn1nc(C2CC2)cc1NC(=O)NCCc1cn2ccsc2n1. The van der Waals surface area contributed by atoms with Crippen molar-refractivity contribution >= 4 is 28.1 Å². The second-order valence-corrected chi connectivity index (χ2v) is 6.68. The van der Waals surface area contributed by atoms with Crippen LogP contribution in [-0.2, 0) is 13.5 Å². The van der Waals surface area contributed by atoms with E-state index < -0.39 is 0 Å². The summed E-state index contributed by atoms with van der Waals surface area (Å²) < 4.78 is 3.71. The molecule has 2 N–H and O–H groups in total. The van der Waals surface area contributed by atoms with Crippen LogP contribution in [-0.4, -0.2) is 31.7 Å². The molecule has 1 fully saturated rings. The molecule has 0 aliphatic heterocycles. The van der Waals surface area contributed by atoms with Gasteiger partial charge in [-0.05, 0) is 12.8 Å². The van der Waals surface area contributed by atoms with E-state index in [1.54, 1.807) is 16.0 Å². The molecule has 1 saturated carbocycles. The van der Waals surface area contributed by atoms with Gasteiger partial charge in [0.05, 0.1) is 11.4 Å². The molecule has 1 aliphatic rings. The maximum atomic E-state index is 12.0. The van der Waals surface area contributed by atoms with E-state index in [0.717, 1.165) is 22.2 Å². The minimum Gasteiger partial charge on any atom is -0.337 e. The number of carbonyl (C=O) groups excluding carboxylic acids is 1. The standard InChI is InChI=1S/C15H18N6OS/c1-20-13(8-12(19-20)10-2-3-10)18-14(22)16-5-4-11-9-21-6-7-23-15(21)17-11/h6-10H,2-5H2,1H3,(H2,16,18,22). The van der Waals surface area contributed by atoms with Crippen molar-refractivity contribution in [2.45, 2.75) is 25.2 Å². The first-order chi connectivity index (χ1) is 11.2. The van der Waals surface area contributed by atoms with Gasteiger partial charge in [-0.1, -0.05) is 0 Å². The summed E-state index contributed by atoms with van der Waals surface area (Å²) in [7, 11) is 1.85. The van der Waals surface area contributed by atoms with Gasteiger partial charge in [-0.2, -0.15) is 5.10 Å². The maximum Gasteiger partial charge on any atom is 0.320 e. The highest BCUT2D eigenvalue weighted by Gasteiger charge is 2.27. The Morgan fingerprint density at radius 1 is 1.48 bits per heavy atom. The van der Waals surface area contributed by atoms with Crippen molar-refractivity contribution in [2.75, 3.05) is 11.9 Å². The normalized spacial score (nSPS) is 14.3. The van der Waals surface area contributed by atoms with Gasteiger partial charge in [0.25, 0.3) is 0 Å². The number of hydrogen-bond acceptors (Lipinski definition) is 4. The molecule has 0 saturated heterocycles. The van der Waals surface area contributed by atoms with Gasteiger partial charge >= 0.3 is 6.03 Å². The summed E-state index contributed by atoms with van der Waals surface area (Å²) in [4.78, 5) is 17.5. The first-order valence-corrected chi connectivity index (χ1v) is 8.57. The van der Waals surface area contributed by atoms with Gasteiger partial charge in [-0.3, -0.25) is 14.4 Å². The highest BCUT2D eigenvalue weighted by atomic mass is 32.1. The number of imidazole rings is 1. The second kappa shape index (κ2) is 5.69. The second-order valence-electron chi connectivity index (χ2n) is 5.81. The minimum atomic E-state index is -0.212. The molecule has 0 atom stereocenters. The molecule has 1 aliphatic carbocycles. The Labute approximate surface area is 137 Å². The molecular weight excluding hydrogens is 312 g/mol. The summed E-state index contributed by atoms with van der Waals surface area (Å²) in [6.07, 6.45) is 7.08. The Bertz CT molecular complexity index is 815. The Morgan fingerprint density at radius 3 is 3.13 bits per heavy atom. The number of rotatable bonds is 5. The number of carbonyl (C=O) groups is 1. The van der Waals surface area contributed by atoms with Crippen LogP contribution in [0.25, 0.3) is 4.96 Å². The Kier molecular flexibility index (Phi) is 3.53. The molecule has 0 unspecified atom stereocenters. The molecule has 120 valence electrons. The van der Waals surface area contributed by atoms with Gasteiger partial charge in [-0.25, -0.2) is 9.78 Å². The van der Waals surface area contributed by atoms with Crippen molar-refractivity contribution in [3.63, 3.8) is 0 Å². The number of nitrogens with one attached hydrogen (secondary N) is 2. The molecule has 3 heterocycles. The molecule has 0 spiro atoms. The molecule has 0 bridgehead atoms. The lowest BCUT2D eigenvalue weighted by atomic mass is 10.3. The predicted octanol–water partition coefficient (Wildman–Crippen LogP) is 2.37. The summed E-state index contributed by atoms with van der Waals surface area (Å²) in [6, 6.07) is 1.75. The lowest BCUT2D eigenvalue weighted by molar-refractivity contribution is 0.252. The molecule has 23 heavy (non-hydrogen) atoms. The first-order valence-electron chi connectivity index (χ1n) is 7.69. The van der Waals surface area contributed by atoms with Crippen LogP contribution < -0.4 is 10.6 Å². The van der Waals surface area contributed by atoms with E-state index in [0.29, 0.717) is 18.9 Å². The fraction of sp³-hybridized carbons (Fsp3) is 0.400. The zero-order valence-corrected chi connectivity index (χ0v) is 13.6. The van der Waals surface area contributed by atoms with Crippen LogP contribution in [0.4, 0.5) is 10.6 Å². The number of amides is 2.